The lowest BCUT2D eigenvalue weighted by Gasteiger charge is -1.97. The van der Waals surface area contributed by atoms with Crippen molar-refractivity contribution >= 4 is 17.1 Å². The van der Waals surface area contributed by atoms with Crippen LogP contribution in [0.15, 0.2) is 24.4 Å². The fraction of sp³-hybridized carbons (Fsp3) is 0.200. The standard InChI is InChI=1S/C10H10N2OS/c1-7-3-4-9(14-7)10(13)8-5-6-11-12(8)2/h3-6H,1-2H3. The molecule has 0 bridgehead atoms. The van der Waals surface area contributed by atoms with E-state index in [0.29, 0.717) is 5.69 Å². The molecule has 0 amide bonds. The van der Waals surface area contributed by atoms with Gasteiger partial charge in [-0.05, 0) is 25.1 Å². The van der Waals surface area contributed by atoms with Crippen LogP contribution in [0.2, 0.25) is 0 Å². The van der Waals surface area contributed by atoms with Crippen molar-refractivity contribution in [3.63, 3.8) is 0 Å². The topological polar surface area (TPSA) is 34.9 Å². The number of thiophene rings is 1. The maximum atomic E-state index is 11.9. The Labute approximate surface area is 86.0 Å². The van der Waals surface area contributed by atoms with E-state index in [1.165, 1.54) is 11.3 Å². The molecule has 2 rings (SSSR count). The highest BCUT2D eigenvalue weighted by Gasteiger charge is 2.13. The van der Waals surface area contributed by atoms with Crippen molar-refractivity contribution in [2.24, 2.45) is 7.05 Å². The first-order chi connectivity index (χ1) is 6.68. The van der Waals surface area contributed by atoms with Gasteiger partial charge in [-0.3, -0.25) is 9.48 Å². The highest BCUT2D eigenvalue weighted by Crippen LogP contribution is 2.18. The van der Waals surface area contributed by atoms with Crippen LogP contribution in [0.4, 0.5) is 0 Å². The minimum absolute atomic E-state index is 0.0445. The van der Waals surface area contributed by atoms with Gasteiger partial charge in [0.25, 0.3) is 0 Å². The number of carbonyl (C=O) groups excluding carboxylic acids is 1. The second-order valence-corrected chi connectivity index (χ2v) is 4.37. The Balaban J connectivity index is 2.38. The van der Waals surface area contributed by atoms with Crippen molar-refractivity contribution in [3.05, 3.63) is 39.8 Å². The van der Waals surface area contributed by atoms with E-state index in [1.807, 2.05) is 19.1 Å². The molecule has 0 N–H and O–H groups in total. The second-order valence-electron chi connectivity index (χ2n) is 3.08. The summed E-state index contributed by atoms with van der Waals surface area (Å²) in [5.74, 6) is 0.0445. The summed E-state index contributed by atoms with van der Waals surface area (Å²) < 4.78 is 1.59. The van der Waals surface area contributed by atoms with Gasteiger partial charge in [0.2, 0.25) is 5.78 Å². The molecule has 0 spiro atoms. The molecule has 0 aliphatic rings. The van der Waals surface area contributed by atoms with Crippen LogP contribution < -0.4 is 0 Å². The van der Waals surface area contributed by atoms with Crippen LogP contribution in [0, 0.1) is 6.92 Å². The van der Waals surface area contributed by atoms with Crippen molar-refractivity contribution in [2.75, 3.05) is 0 Å². The third-order valence-electron chi connectivity index (χ3n) is 2.02. The molecule has 72 valence electrons. The van der Waals surface area contributed by atoms with Gasteiger partial charge >= 0.3 is 0 Å². The number of aromatic nitrogens is 2. The smallest absolute Gasteiger partial charge is 0.220 e. The molecule has 14 heavy (non-hydrogen) atoms. The molecule has 0 aromatic carbocycles. The molecule has 4 heteroatoms. The molecule has 0 saturated heterocycles. The SMILES string of the molecule is Cc1ccc(C(=O)c2ccnn2C)s1. The third kappa shape index (κ3) is 1.48. The minimum atomic E-state index is 0.0445. The minimum Gasteiger partial charge on any atom is -0.286 e. The van der Waals surface area contributed by atoms with E-state index in [1.54, 1.807) is 24.0 Å². The number of hydrogen-bond donors (Lipinski definition) is 0. The van der Waals surface area contributed by atoms with Gasteiger partial charge in [-0.2, -0.15) is 5.10 Å². The van der Waals surface area contributed by atoms with Gasteiger partial charge in [0.15, 0.2) is 0 Å². The predicted octanol–water partition coefficient (Wildman–Crippen LogP) is 2.02. The summed E-state index contributed by atoms with van der Waals surface area (Å²) in [5, 5.41) is 3.97. The Hall–Kier alpha value is -1.42. The summed E-state index contributed by atoms with van der Waals surface area (Å²) in [6.07, 6.45) is 1.63. The molecule has 2 aromatic rings. The molecule has 0 atom stereocenters. The number of carbonyl (C=O) groups is 1. The number of hydrogen-bond acceptors (Lipinski definition) is 3. The summed E-state index contributed by atoms with van der Waals surface area (Å²) in [6, 6.07) is 5.54. The van der Waals surface area contributed by atoms with Gasteiger partial charge < -0.3 is 0 Å². The van der Waals surface area contributed by atoms with E-state index < -0.39 is 0 Å². The van der Waals surface area contributed by atoms with Gasteiger partial charge in [-0.1, -0.05) is 0 Å². The fourth-order valence-corrected chi connectivity index (χ4v) is 2.10. The van der Waals surface area contributed by atoms with Crippen molar-refractivity contribution in [1.82, 2.24) is 9.78 Å². The molecule has 3 nitrogen and oxygen atoms in total. The first-order valence-electron chi connectivity index (χ1n) is 4.27. The van der Waals surface area contributed by atoms with E-state index in [9.17, 15) is 4.79 Å². The predicted molar refractivity (Wildman–Crippen MR) is 55.7 cm³/mol. The summed E-state index contributed by atoms with van der Waals surface area (Å²) in [5.41, 5.74) is 0.631. The highest BCUT2D eigenvalue weighted by atomic mass is 32.1. The van der Waals surface area contributed by atoms with Crippen LogP contribution in [-0.2, 0) is 7.05 Å². The lowest BCUT2D eigenvalue weighted by molar-refractivity contribution is 0.103. The Morgan fingerprint density at radius 2 is 2.21 bits per heavy atom. The van der Waals surface area contributed by atoms with E-state index in [2.05, 4.69) is 5.10 Å². The quantitative estimate of drug-likeness (QED) is 0.705. The largest absolute Gasteiger partial charge is 0.286 e. The van der Waals surface area contributed by atoms with Gasteiger partial charge in [0.05, 0.1) is 4.88 Å². The van der Waals surface area contributed by atoms with Gasteiger partial charge in [0, 0.05) is 18.1 Å². The molecule has 2 aromatic heterocycles. The second kappa shape index (κ2) is 3.38. The molecule has 0 aliphatic heterocycles. The van der Waals surface area contributed by atoms with Crippen molar-refractivity contribution in [1.29, 1.82) is 0 Å². The van der Waals surface area contributed by atoms with Gasteiger partial charge in [0.1, 0.15) is 5.69 Å². The summed E-state index contributed by atoms with van der Waals surface area (Å²) in [7, 11) is 1.77. The molecular formula is C10H10N2OS. The lowest BCUT2D eigenvalue weighted by atomic mass is 10.2. The zero-order valence-electron chi connectivity index (χ0n) is 8.02. The summed E-state index contributed by atoms with van der Waals surface area (Å²) >= 11 is 1.51. The average molecular weight is 206 g/mol. The Kier molecular flexibility index (Phi) is 2.21. The first kappa shape index (κ1) is 9.15. The number of ketones is 1. The molecule has 2 heterocycles. The van der Waals surface area contributed by atoms with Crippen molar-refractivity contribution < 1.29 is 4.79 Å². The van der Waals surface area contributed by atoms with Crippen LogP contribution in [0.3, 0.4) is 0 Å². The Morgan fingerprint density at radius 3 is 2.71 bits per heavy atom. The molecule has 0 saturated carbocycles. The first-order valence-corrected chi connectivity index (χ1v) is 5.09. The lowest BCUT2D eigenvalue weighted by Crippen LogP contribution is -2.06. The molecule has 0 aliphatic carbocycles. The van der Waals surface area contributed by atoms with Crippen molar-refractivity contribution in [3.8, 4) is 0 Å². The van der Waals surface area contributed by atoms with Crippen LogP contribution in [0.5, 0.6) is 0 Å². The zero-order chi connectivity index (χ0) is 10.1. The van der Waals surface area contributed by atoms with Crippen molar-refractivity contribution in [2.45, 2.75) is 6.92 Å². The van der Waals surface area contributed by atoms with E-state index in [-0.39, 0.29) is 5.78 Å². The van der Waals surface area contributed by atoms with E-state index in [4.69, 9.17) is 0 Å². The molecule has 0 unspecified atom stereocenters. The van der Waals surface area contributed by atoms with Gasteiger partial charge in [-0.25, -0.2) is 0 Å². The Morgan fingerprint density at radius 1 is 1.43 bits per heavy atom. The zero-order valence-corrected chi connectivity index (χ0v) is 8.84. The average Bonchev–Trinajstić information content (AvgIpc) is 2.73. The normalized spacial score (nSPS) is 10.4. The number of rotatable bonds is 2. The third-order valence-corrected chi connectivity index (χ3v) is 3.02. The Bertz CT molecular complexity index is 470. The van der Waals surface area contributed by atoms with Gasteiger partial charge in [-0.15, -0.1) is 11.3 Å². The maximum absolute atomic E-state index is 11.9. The number of aryl methyl sites for hydroxylation is 2. The molecular weight excluding hydrogens is 196 g/mol. The molecule has 0 fully saturated rings. The van der Waals surface area contributed by atoms with Crippen LogP contribution in [0.25, 0.3) is 0 Å². The van der Waals surface area contributed by atoms with Crippen LogP contribution in [-0.4, -0.2) is 15.6 Å². The van der Waals surface area contributed by atoms with E-state index in [0.717, 1.165) is 9.75 Å². The molecule has 0 radical (unpaired) electrons. The number of nitrogens with zero attached hydrogens (tertiary/aromatic N) is 2. The fourth-order valence-electron chi connectivity index (χ4n) is 1.28. The summed E-state index contributed by atoms with van der Waals surface area (Å²) in [6.45, 7) is 1.99. The maximum Gasteiger partial charge on any atom is 0.220 e. The van der Waals surface area contributed by atoms with E-state index >= 15 is 0 Å². The summed E-state index contributed by atoms with van der Waals surface area (Å²) in [4.78, 5) is 13.8. The highest BCUT2D eigenvalue weighted by molar-refractivity contribution is 7.14. The van der Waals surface area contributed by atoms with Crippen LogP contribution >= 0.6 is 11.3 Å². The van der Waals surface area contributed by atoms with Crippen LogP contribution in [0.1, 0.15) is 20.2 Å². The monoisotopic (exact) mass is 206 g/mol.